The van der Waals surface area contributed by atoms with Gasteiger partial charge in [-0.2, -0.15) is 5.10 Å². The van der Waals surface area contributed by atoms with Crippen molar-refractivity contribution in [3.63, 3.8) is 0 Å². The van der Waals surface area contributed by atoms with Gasteiger partial charge in [-0.05, 0) is 6.92 Å². The lowest BCUT2D eigenvalue weighted by Crippen LogP contribution is -2.15. The van der Waals surface area contributed by atoms with E-state index in [1.807, 2.05) is 24.9 Å². The van der Waals surface area contributed by atoms with E-state index in [-0.39, 0.29) is 0 Å². The highest BCUT2D eigenvalue weighted by Gasteiger charge is 2.12. The van der Waals surface area contributed by atoms with Gasteiger partial charge in [0.25, 0.3) is 0 Å². The van der Waals surface area contributed by atoms with E-state index < -0.39 is 0 Å². The molecule has 2 aromatic heterocycles. The van der Waals surface area contributed by atoms with Gasteiger partial charge in [0.05, 0.1) is 26.0 Å². The molecule has 0 radical (unpaired) electrons. The third-order valence-electron chi connectivity index (χ3n) is 3.21. The second-order valence-electron chi connectivity index (χ2n) is 4.35. The van der Waals surface area contributed by atoms with Crippen LogP contribution in [0.1, 0.15) is 16.8 Å². The second kappa shape index (κ2) is 6.33. The number of hydrogen-bond donors (Lipinski definition) is 1. The summed E-state index contributed by atoms with van der Waals surface area (Å²) in [5.41, 5.74) is 3.10. The Hall–Kier alpha value is -2.15. The summed E-state index contributed by atoms with van der Waals surface area (Å²) < 4.78 is 12.3. The molecule has 20 heavy (non-hydrogen) atoms. The number of aromatic nitrogens is 4. The number of rotatable bonds is 6. The zero-order valence-electron chi connectivity index (χ0n) is 12.2. The third-order valence-corrected chi connectivity index (χ3v) is 3.21. The van der Waals surface area contributed by atoms with Gasteiger partial charge in [-0.15, -0.1) is 0 Å². The van der Waals surface area contributed by atoms with Crippen molar-refractivity contribution >= 4 is 0 Å². The van der Waals surface area contributed by atoms with Crippen LogP contribution in [0.3, 0.4) is 0 Å². The first kappa shape index (κ1) is 14.3. The van der Waals surface area contributed by atoms with E-state index in [9.17, 15) is 0 Å². The molecule has 0 fully saturated rings. The lowest BCUT2D eigenvalue weighted by molar-refractivity contribution is 0.359. The van der Waals surface area contributed by atoms with Gasteiger partial charge < -0.3 is 14.8 Å². The quantitative estimate of drug-likeness (QED) is 0.843. The van der Waals surface area contributed by atoms with E-state index in [0.29, 0.717) is 24.8 Å². The summed E-state index contributed by atoms with van der Waals surface area (Å²) in [6.07, 6.45) is 3.28. The molecule has 1 N–H and O–H groups in total. The summed E-state index contributed by atoms with van der Waals surface area (Å²) in [7, 11) is 5.09. The minimum Gasteiger partial charge on any atom is -0.481 e. The molecular weight excluding hydrogens is 258 g/mol. The molecule has 0 aliphatic carbocycles. The molecule has 0 unspecified atom stereocenters. The Morgan fingerprint density at radius 1 is 1.15 bits per heavy atom. The van der Waals surface area contributed by atoms with Crippen LogP contribution >= 0.6 is 0 Å². The van der Waals surface area contributed by atoms with E-state index in [0.717, 1.165) is 16.8 Å². The molecule has 0 saturated carbocycles. The van der Waals surface area contributed by atoms with Gasteiger partial charge in [-0.1, -0.05) is 0 Å². The fourth-order valence-electron chi connectivity index (χ4n) is 1.92. The van der Waals surface area contributed by atoms with Crippen molar-refractivity contribution < 1.29 is 9.47 Å². The fraction of sp³-hybridized carbons (Fsp3) is 0.462. The first-order valence-corrected chi connectivity index (χ1v) is 6.27. The predicted octanol–water partition coefficient (Wildman–Crippen LogP) is 0.826. The molecular formula is C13H19N5O2. The molecule has 0 atom stereocenters. The zero-order chi connectivity index (χ0) is 14.5. The molecule has 2 rings (SSSR count). The molecule has 0 aliphatic rings. The maximum atomic E-state index is 5.23. The summed E-state index contributed by atoms with van der Waals surface area (Å²) in [6.45, 7) is 3.30. The van der Waals surface area contributed by atoms with Crippen LogP contribution in [0.4, 0.5) is 0 Å². The van der Waals surface area contributed by atoms with Gasteiger partial charge in [0, 0.05) is 31.4 Å². The maximum absolute atomic E-state index is 5.23. The van der Waals surface area contributed by atoms with Crippen molar-refractivity contribution in [2.45, 2.75) is 20.0 Å². The van der Waals surface area contributed by atoms with E-state index in [1.54, 1.807) is 14.2 Å². The number of ether oxygens (including phenoxy) is 2. The molecule has 0 aromatic carbocycles. The molecule has 0 spiro atoms. The monoisotopic (exact) mass is 277 g/mol. The Kier molecular flexibility index (Phi) is 4.52. The van der Waals surface area contributed by atoms with Crippen molar-refractivity contribution in [2.24, 2.45) is 7.05 Å². The first-order chi connectivity index (χ1) is 9.67. The topological polar surface area (TPSA) is 74.1 Å². The number of methoxy groups -OCH3 is 2. The predicted molar refractivity (Wildman–Crippen MR) is 73.6 cm³/mol. The first-order valence-electron chi connectivity index (χ1n) is 6.27. The molecule has 0 amide bonds. The Labute approximate surface area is 118 Å². The fourth-order valence-corrected chi connectivity index (χ4v) is 1.92. The van der Waals surface area contributed by atoms with Crippen molar-refractivity contribution in [1.82, 2.24) is 25.1 Å². The van der Waals surface area contributed by atoms with Crippen LogP contribution in [-0.2, 0) is 20.1 Å². The average Bonchev–Trinajstić information content (AvgIpc) is 2.79. The van der Waals surface area contributed by atoms with Crippen LogP contribution in [0.15, 0.2) is 12.5 Å². The van der Waals surface area contributed by atoms with E-state index in [2.05, 4.69) is 20.4 Å². The van der Waals surface area contributed by atoms with Crippen molar-refractivity contribution in [3.8, 4) is 11.8 Å². The summed E-state index contributed by atoms with van der Waals surface area (Å²) in [6, 6.07) is 0. The Morgan fingerprint density at radius 2 is 1.80 bits per heavy atom. The standard InChI is InChI=1S/C13H19N5O2/c1-9-10(6-17-18(9)2)5-14-7-11-12(19-3)15-8-16-13(11)20-4/h6,8,14H,5,7H2,1-4H3. The Morgan fingerprint density at radius 3 is 2.30 bits per heavy atom. The SMILES string of the molecule is COc1ncnc(OC)c1CNCc1cnn(C)c1C. The van der Waals surface area contributed by atoms with E-state index in [4.69, 9.17) is 9.47 Å². The summed E-state index contributed by atoms with van der Waals surface area (Å²) in [5.74, 6) is 1.04. The van der Waals surface area contributed by atoms with Crippen LogP contribution < -0.4 is 14.8 Å². The van der Waals surface area contributed by atoms with Gasteiger partial charge in [0.1, 0.15) is 6.33 Å². The molecule has 108 valence electrons. The average molecular weight is 277 g/mol. The van der Waals surface area contributed by atoms with Gasteiger partial charge in [0.2, 0.25) is 11.8 Å². The second-order valence-corrected chi connectivity index (χ2v) is 4.35. The highest BCUT2D eigenvalue weighted by atomic mass is 16.5. The summed E-state index contributed by atoms with van der Waals surface area (Å²) in [4.78, 5) is 8.17. The minimum atomic E-state index is 0.521. The maximum Gasteiger partial charge on any atom is 0.224 e. The minimum absolute atomic E-state index is 0.521. The summed E-state index contributed by atoms with van der Waals surface area (Å²) in [5, 5.41) is 7.54. The molecule has 0 bridgehead atoms. The van der Waals surface area contributed by atoms with E-state index >= 15 is 0 Å². The van der Waals surface area contributed by atoms with Gasteiger partial charge in [-0.25, -0.2) is 9.97 Å². The highest BCUT2D eigenvalue weighted by molar-refractivity contribution is 5.34. The summed E-state index contributed by atoms with van der Waals surface area (Å²) >= 11 is 0. The van der Waals surface area contributed by atoms with Gasteiger partial charge in [0.15, 0.2) is 0 Å². The number of aryl methyl sites for hydroxylation is 1. The normalized spacial score (nSPS) is 10.6. The lowest BCUT2D eigenvalue weighted by atomic mass is 10.2. The smallest absolute Gasteiger partial charge is 0.224 e. The van der Waals surface area contributed by atoms with Crippen molar-refractivity contribution in [2.75, 3.05) is 14.2 Å². The number of hydrogen-bond acceptors (Lipinski definition) is 6. The van der Waals surface area contributed by atoms with Crippen LogP contribution in [0.2, 0.25) is 0 Å². The molecule has 7 heteroatoms. The zero-order valence-corrected chi connectivity index (χ0v) is 12.2. The van der Waals surface area contributed by atoms with Gasteiger partial charge >= 0.3 is 0 Å². The van der Waals surface area contributed by atoms with Crippen molar-refractivity contribution in [3.05, 3.63) is 29.3 Å². The molecule has 0 aliphatic heterocycles. The lowest BCUT2D eigenvalue weighted by Gasteiger charge is -2.11. The number of nitrogens with zero attached hydrogens (tertiary/aromatic N) is 4. The molecule has 2 heterocycles. The number of nitrogens with one attached hydrogen (secondary N) is 1. The molecule has 7 nitrogen and oxygen atoms in total. The molecule has 0 saturated heterocycles. The van der Waals surface area contributed by atoms with Crippen LogP contribution in [0.25, 0.3) is 0 Å². The van der Waals surface area contributed by atoms with Crippen LogP contribution in [0, 0.1) is 6.92 Å². The highest BCUT2D eigenvalue weighted by Crippen LogP contribution is 2.23. The Bertz CT molecular complexity index is 560. The van der Waals surface area contributed by atoms with Crippen LogP contribution in [0.5, 0.6) is 11.8 Å². The van der Waals surface area contributed by atoms with E-state index in [1.165, 1.54) is 6.33 Å². The molecule has 2 aromatic rings. The van der Waals surface area contributed by atoms with Gasteiger partial charge in [-0.3, -0.25) is 4.68 Å². The van der Waals surface area contributed by atoms with Crippen LogP contribution in [-0.4, -0.2) is 34.0 Å². The Balaban J connectivity index is 2.05. The third kappa shape index (κ3) is 2.88. The largest absolute Gasteiger partial charge is 0.481 e. The van der Waals surface area contributed by atoms with Crippen molar-refractivity contribution in [1.29, 1.82) is 0 Å².